The zero-order valence-electron chi connectivity index (χ0n) is 21.9. The van der Waals surface area contributed by atoms with Crippen molar-refractivity contribution in [2.75, 3.05) is 43.4 Å². The van der Waals surface area contributed by atoms with Crippen LogP contribution in [0.3, 0.4) is 0 Å². The second-order valence-corrected chi connectivity index (χ2v) is 12.7. The Morgan fingerprint density at radius 1 is 1.12 bits per heavy atom. The standard InChI is InChI=1S/C28H30F2N8OS/c29-16-9-28(6-1-7-38(28)11-16)14-39-27-34-21-8-15(19-4-5-20(30)24-22(19)35-26(31)40-24)10-32-23(21)25(36-27)37-12-17-2-3-18(13-37)33-17/h4-5,8,10,16-18,33H,1-3,6-7,9,11-14H2,(H2,31,35)/t16-,17?,18?,28+/m1/s1. The summed E-state index contributed by atoms with van der Waals surface area (Å²) in [4.78, 5) is 23.4. The molecule has 4 saturated heterocycles. The lowest BCUT2D eigenvalue weighted by molar-refractivity contribution is 0.107. The molecule has 4 aliphatic rings. The Morgan fingerprint density at radius 3 is 2.83 bits per heavy atom. The number of nitrogens with one attached hydrogen (secondary N) is 1. The molecule has 208 valence electrons. The van der Waals surface area contributed by atoms with Crippen molar-refractivity contribution in [2.45, 2.75) is 55.9 Å². The van der Waals surface area contributed by atoms with E-state index in [-0.39, 0.29) is 17.4 Å². The minimum absolute atomic E-state index is 0.276. The van der Waals surface area contributed by atoms with E-state index in [2.05, 4.69) is 20.1 Å². The van der Waals surface area contributed by atoms with Gasteiger partial charge in [-0.2, -0.15) is 9.97 Å². The van der Waals surface area contributed by atoms with E-state index in [1.54, 1.807) is 12.3 Å². The number of nitrogens with zero attached hydrogens (tertiary/aromatic N) is 6. The number of rotatable bonds is 5. The molecule has 8 rings (SSSR count). The Morgan fingerprint density at radius 2 is 1.98 bits per heavy atom. The highest BCUT2D eigenvalue weighted by atomic mass is 32.1. The third-order valence-electron chi connectivity index (χ3n) is 9.07. The lowest BCUT2D eigenvalue weighted by atomic mass is 9.95. The predicted octanol–water partition coefficient (Wildman–Crippen LogP) is 3.92. The summed E-state index contributed by atoms with van der Waals surface area (Å²) < 4.78 is 35.6. The smallest absolute Gasteiger partial charge is 0.319 e. The molecule has 4 aromatic rings. The van der Waals surface area contributed by atoms with Crippen molar-refractivity contribution in [1.82, 2.24) is 30.2 Å². The maximum absolute atomic E-state index is 14.5. The fraction of sp³-hybridized carbons (Fsp3) is 0.500. The van der Waals surface area contributed by atoms with Crippen LogP contribution < -0.4 is 20.7 Å². The maximum Gasteiger partial charge on any atom is 0.319 e. The largest absolute Gasteiger partial charge is 0.461 e. The van der Waals surface area contributed by atoms with Gasteiger partial charge in [-0.1, -0.05) is 11.3 Å². The Balaban J connectivity index is 1.21. The van der Waals surface area contributed by atoms with Crippen molar-refractivity contribution in [2.24, 2.45) is 0 Å². The van der Waals surface area contributed by atoms with Crippen LogP contribution in [-0.4, -0.2) is 81.4 Å². The van der Waals surface area contributed by atoms with Gasteiger partial charge in [-0.3, -0.25) is 9.88 Å². The molecule has 0 aliphatic carbocycles. The second kappa shape index (κ2) is 9.15. The summed E-state index contributed by atoms with van der Waals surface area (Å²) in [6.45, 7) is 3.40. The van der Waals surface area contributed by atoms with Gasteiger partial charge in [0.15, 0.2) is 10.9 Å². The monoisotopic (exact) mass is 564 g/mol. The highest BCUT2D eigenvalue weighted by Gasteiger charge is 2.49. The van der Waals surface area contributed by atoms with Crippen molar-refractivity contribution in [3.05, 3.63) is 30.2 Å². The van der Waals surface area contributed by atoms with E-state index in [0.29, 0.717) is 58.0 Å². The molecule has 2 unspecified atom stereocenters. The van der Waals surface area contributed by atoms with Gasteiger partial charge in [0.1, 0.15) is 24.1 Å². The van der Waals surface area contributed by atoms with Gasteiger partial charge in [-0.15, -0.1) is 0 Å². The van der Waals surface area contributed by atoms with Gasteiger partial charge < -0.3 is 20.7 Å². The number of nitrogen functional groups attached to an aromatic ring is 1. The first kappa shape index (κ1) is 24.6. The van der Waals surface area contributed by atoms with Crippen LogP contribution in [0.2, 0.25) is 0 Å². The fourth-order valence-electron chi connectivity index (χ4n) is 7.26. The minimum Gasteiger partial charge on any atom is -0.461 e. The molecule has 0 saturated carbocycles. The van der Waals surface area contributed by atoms with Crippen LogP contribution in [0.15, 0.2) is 24.4 Å². The number of piperazine rings is 1. The minimum atomic E-state index is -0.827. The molecule has 3 N–H and O–H groups in total. The molecule has 40 heavy (non-hydrogen) atoms. The lowest BCUT2D eigenvalue weighted by Gasteiger charge is -2.34. The highest BCUT2D eigenvalue weighted by molar-refractivity contribution is 7.22. The maximum atomic E-state index is 14.5. The van der Waals surface area contributed by atoms with Gasteiger partial charge in [-0.25, -0.2) is 13.8 Å². The molecule has 4 fully saturated rings. The molecular weight excluding hydrogens is 534 g/mol. The van der Waals surface area contributed by atoms with E-state index in [4.69, 9.17) is 25.4 Å². The van der Waals surface area contributed by atoms with Crippen LogP contribution in [0.5, 0.6) is 6.01 Å². The van der Waals surface area contributed by atoms with Gasteiger partial charge >= 0.3 is 6.01 Å². The molecule has 3 aromatic heterocycles. The topological polar surface area (TPSA) is 105 Å². The second-order valence-electron chi connectivity index (χ2n) is 11.7. The molecule has 4 atom stereocenters. The van der Waals surface area contributed by atoms with Crippen LogP contribution in [0.25, 0.3) is 32.4 Å². The number of thiazole rings is 1. The number of halogens is 2. The summed E-state index contributed by atoms with van der Waals surface area (Å²) in [6.07, 6.45) is 5.67. The average Bonchev–Trinajstić information content (AvgIpc) is 3.69. The van der Waals surface area contributed by atoms with Crippen LogP contribution in [0.1, 0.15) is 32.1 Å². The highest BCUT2D eigenvalue weighted by Crippen LogP contribution is 2.41. The number of pyridine rings is 1. The number of benzene rings is 1. The van der Waals surface area contributed by atoms with E-state index in [0.717, 1.165) is 73.6 Å². The first-order valence-electron chi connectivity index (χ1n) is 14.0. The van der Waals surface area contributed by atoms with Crippen LogP contribution >= 0.6 is 11.3 Å². The van der Waals surface area contributed by atoms with Gasteiger partial charge in [-0.05, 0) is 50.4 Å². The number of hydrogen-bond donors (Lipinski definition) is 2. The fourth-order valence-corrected chi connectivity index (χ4v) is 8.02. The van der Waals surface area contributed by atoms with Gasteiger partial charge in [0.25, 0.3) is 0 Å². The number of ether oxygens (including phenoxy) is 1. The van der Waals surface area contributed by atoms with E-state index in [1.807, 2.05) is 6.07 Å². The zero-order valence-corrected chi connectivity index (χ0v) is 22.8. The first-order chi connectivity index (χ1) is 19.4. The quantitative estimate of drug-likeness (QED) is 0.373. The molecule has 12 heteroatoms. The Labute approximate surface area is 233 Å². The molecule has 0 spiro atoms. The van der Waals surface area contributed by atoms with E-state index >= 15 is 0 Å². The normalized spacial score (nSPS) is 28.1. The summed E-state index contributed by atoms with van der Waals surface area (Å²) in [6, 6.07) is 6.18. The van der Waals surface area contributed by atoms with Crippen molar-refractivity contribution >= 4 is 43.5 Å². The molecule has 2 bridgehead atoms. The third-order valence-corrected chi connectivity index (χ3v) is 9.96. The number of fused-ring (bicyclic) bond motifs is 5. The van der Waals surface area contributed by atoms with E-state index < -0.39 is 6.17 Å². The van der Waals surface area contributed by atoms with Crippen molar-refractivity contribution in [1.29, 1.82) is 0 Å². The summed E-state index contributed by atoms with van der Waals surface area (Å²) in [5.74, 6) is 0.403. The van der Waals surface area contributed by atoms with E-state index in [9.17, 15) is 8.78 Å². The summed E-state index contributed by atoms with van der Waals surface area (Å²) in [5.41, 5.74) is 8.97. The Hall–Kier alpha value is -3.22. The average molecular weight is 565 g/mol. The molecule has 0 amide bonds. The summed E-state index contributed by atoms with van der Waals surface area (Å²) in [7, 11) is 0. The van der Waals surface area contributed by atoms with Crippen LogP contribution in [0, 0.1) is 5.82 Å². The van der Waals surface area contributed by atoms with Crippen molar-refractivity contribution in [3.63, 3.8) is 0 Å². The van der Waals surface area contributed by atoms with Crippen LogP contribution in [-0.2, 0) is 0 Å². The van der Waals surface area contributed by atoms with E-state index in [1.165, 1.54) is 6.07 Å². The number of anilines is 2. The number of aromatic nitrogens is 4. The van der Waals surface area contributed by atoms with Gasteiger partial charge in [0.05, 0.1) is 21.3 Å². The van der Waals surface area contributed by atoms with Gasteiger partial charge in [0, 0.05) is 55.5 Å². The van der Waals surface area contributed by atoms with Crippen LogP contribution in [0.4, 0.5) is 19.7 Å². The number of alkyl halides is 1. The number of hydrogen-bond acceptors (Lipinski definition) is 10. The van der Waals surface area contributed by atoms with Gasteiger partial charge in [0.2, 0.25) is 0 Å². The molecule has 9 nitrogen and oxygen atoms in total. The SMILES string of the molecule is Nc1nc2c(-c3cnc4c(N5CC6CCC(C5)N6)nc(OC[C@@]56CCCN5C[C@H](F)C6)nc4c3)ccc(F)c2s1. The Bertz CT molecular complexity index is 1620. The molecule has 0 radical (unpaired) electrons. The predicted molar refractivity (Wildman–Crippen MR) is 151 cm³/mol. The summed E-state index contributed by atoms with van der Waals surface area (Å²) in [5, 5.41) is 3.98. The lowest BCUT2D eigenvalue weighted by Crippen LogP contribution is -2.51. The number of nitrogens with two attached hydrogens (primary N) is 1. The summed E-state index contributed by atoms with van der Waals surface area (Å²) >= 11 is 1.13. The van der Waals surface area contributed by atoms with Crippen molar-refractivity contribution < 1.29 is 13.5 Å². The first-order valence-corrected chi connectivity index (χ1v) is 14.8. The zero-order chi connectivity index (χ0) is 27.0. The third kappa shape index (κ3) is 3.99. The molecule has 7 heterocycles. The molecule has 1 aromatic carbocycles. The Kier molecular flexibility index (Phi) is 5.62. The van der Waals surface area contributed by atoms with Crippen molar-refractivity contribution in [3.8, 4) is 17.1 Å². The molecule has 4 aliphatic heterocycles. The molecular formula is C28H30F2N8OS.